The number of rotatable bonds is 9. The monoisotopic (exact) mass is 292 g/mol. The second-order valence-electron chi connectivity index (χ2n) is 5.68. The summed E-state index contributed by atoms with van der Waals surface area (Å²) < 4.78 is 5.44. The van der Waals surface area contributed by atoms with Crippen molar-refractivity contribution in [2.75, 3.05) is 31.6 Å². The van der Waals surface area contributed by atoms with E-state index in [0.717, 1.165) is 30.8 Å². The molecule has 0 aliphatic rings. The second kappa shape index (κ2) is 9.40. The lowest BCUT2D eigenvalue weighted by Crippen LogP contribution is -2.27. The molecule has 1 rings (SSSR count). The molecule has 21 heavy (non-hydrogen) atoms. The van der Waals surface area contributed by atoms with Crippen LogP contribution in [0.5, 0.6) is 0 Å². The van der Waals surface area contributed by atoms with Crippen LogP contribution in [0.4, 0.5) is 5.69 Å². The van der Waals surface area contributed by atoms with Crippen LogP contribution < -0.4 is 10.6 Å². The Bertz CT molecular complexity index is 444. The number of amides is 1. The fourth-order valence-corrected chi connectivity index (χ4v) is 1.92. The van der Waals surface area contributed by atoms with Crippen LogP contribution in [0.2, 0.25) is 0 Å². The molecule has 118 valence electrons. The number of hydrogen-bond acceptors (Lipinski definition) is 3. The Kier molecular flexibility index (Phi) is 7.83. The first-order valence-electron chi connectivity index (χ1n) is 7.75. The molecule has 0 aliphatic heterocycles. The predicted octanol–water partition coefficient (Wildman–Crippen LogP) is 3.22. The molecule has 0 heterocycles. The number of ether oxygens (including phenoxy) is 1. The molecule has 0 fully saturated rings. The molecule has 0 aliphatic carbocycles. The van der Waals surface area contributed by atoms with E-state index in [1.165, 1.54) is 0 Å². The molecule has 2 N–H and O–H groups in total. The van der Waals surface area contributed by atoms with Gasteiger partial charge in [0.2, 0.25) is 0 Å². The molecule has 4 nitrogen and oxygen atoms in total. The molecule has 0 saturated heterocycles. The summed E-state index contributed by atoms with van der Waals surface area (Å²) >= 11 is 0. The molecule has 0 saturated carbocycles. The molecule has 1 aromatic carbocycles. The molecule has 1 amide bonds. The molecule has 0 bridgehead atoms. The SMILES string of the molecule is CCCNc1ccc(C(=O)NCCOCC(C)C)cc1C. The topological polar surface area (TPSA) is 50.4 Å². The minimum Gasteiger partial charge on any atom is -0.385 e. The van der Waals surface area contributed by atoms with Crippen molar-refractivity contribution in [2.24, 2.45) is 5.92 Å². The highest BCUT2D eigenvalue weighted by molar-refractivity contribution is 5.94. The Morgan fingerprint density at radius 3 is 2.67 bits per heavy atom. The van der Waals surface area contributed by atoms with E-state index in [4.69, 9.17) is 4.74 Å². The number of anilines is 1. The average molecular weight is 292 g/mol. The van der Waals surface area contributed by atoms with Crippen molar-refractivity contribution in [1.29, 1.82) is 0 Å². The highest BCUT2D eigenvalue weighted by Gasteiger charge is 2.07. The van der Waals surface area contributed by atoms with E-state index in [1.807, 2.05) is 25.1 Å². The molecular weight excluding hydrogens is 264 g/mol. The van der Waals surface area contributed by atoms with E-state index in [1.54, 1.807) is 0 Å². The molecule has 0 aromatic heterocycles. The maximum atomic E-state index is 12.0. The lowest BCUT2D eigenvalue weighted by molar-refractivity contribution is 0.0886. The standard InChI is InChI=1S/C17H28N2O2/c1-5-8-18-16-7-6-15(11-14(16)4)17(20)19-9-10-21-12-13(2)3/h6-7,11,13,18H,5,8-10,12H2,1-4H3,(H,19,20). The number of carbonyl (C=O) groups excluding carboxylic acids is 1. The third-order valence-electron chi connectivity index (χ3n) is 3.04. The summed E-state index contributed by atoms with van der Waals surface area (Å²) in [5, 5.41) is 6.23. The predicted molar refractivity (Wildman–Crippen MR) is 87.9 cm³/mol. The van der Waals surface area contributed by atoms with Crippen LogP contribution >= 0.6 is 0 Å². The van der Waals surface area contributed by atoms with E-state index in [9.17, 15) is 4.79 Å². The summed E-state index contributed by atoms with van der Waals surface area (Å²) in [7, 11) is 0. The van der Waals surface area contributed by atoms with Gasteiger partial charge in [-0.05, 0) is 43.0 Å². The molecule has 1 aromatic rings. The number of nitrogens with one attached hydrogen (secondary N) is 2. The third kappa shape index (κ3) is 6.63. The van der Waals surface area contributed by atoms with E-state index in [2.05, 4.69) is 31.4 Å². The minimum atomic E-state index is -0.0479. The Balaban J connectivity index is 2.42. The van der Waals surface area contributed by atoms with E-state index in [-0.39, 0.29) is 5.91 Å². The van der Waals surface area contributed by atoms with Crippen LogP contribution in [0.15, 0.2) is 18.2 Å². The highest BCUT2D eigenvalue weighted by Crippen LogP contribution is 2.16. The lowest BCUT2D eigenvalue weighted by atomic mass is 10.1. The van der Waals surface area contributed by atoms with Crippen molar-refractivity contribution in [3.8, 4) is 0 Å². The van der Waals surface area contributed by atoms with E-state index >= 15 is 0 Å². The second-order valence-corrected chi connectivity index (χ2v) is 5.68. The Hall–Kier alpha value is -1.55. The normalized spacial score (nSPS) is 10.7. The van der Waals surface area contributed by atoms with Crippen LogP contribution in [-0.2, 0) is 4.74 Å². The Morgan fingerprint density at radius 1 is 1.29 bits per heavy atom. The van der Waals surface area contributed by atoms with Gasteiger partial charge in [-0.2, -0.15) is 0 Å². The summed E-state index contributed by atoms with van der Waals surface area (Å²) in [5.41, 5.74) is 2.87. The summed E-state index contributed by atoms with van der Waals surface area (Å²) in [6.45, 7) is 11.1. The zero-order valence-electron chi connectivity index (χ0n) is 13.7. The van der Waals surface area contributed by atoms with Gasteiger partial charge in [0, 0.05) is 30.9 Å². The van der Waals surface area contributed by atoms with Gasteiger partial charge in [-0.25, -0.2) is 0 Å². The van der Waals surface area contributed by atoms with Gasteiger partial charge in [0.1, 0.15) is 0 Å². The molecular formula is C17H28N2O2. The van der Waals surface area contributed by atoms with Gasteiger partial charge in [-0.3, -0.25) is 4.79 Å². The first-order chi connectivity index (χ1) is 10.0. The average Bonchev–Trinajstić information content (AvgIpc) is 2.45. The molecule has 4 heteroatoms. The lowest BCUT2D eigenvalue weighted by Gasteiger charge is -2.11. The Labute approximate surface area is 128 Å². The first-order valence-corrected chi connectivity index (χ1v) is 7.75. The van der Waals surface area contributed by atoms with Crippen LogP contribution in [0, 0.1) is 12.8 Å². The van der Waals surface area contributed by atoms with Crippen LogP contribution in [0.25, 0.3) is 0 Å². The smallest absolute Gasteiger partial charge is 0.251 e. The van der Waals surface area contributed by atoms with Crippen LogP contribution in [0.1, 0.15) is 43.1 Å². The third-order valence-corrected chi connectivity index (χ3v) is 3.04. The zero-order chi connectivity index (χ0) is 15.7. The van der Waals surface area contributed by atoms with E-state index in [0.29, 0.717) is 24.6 Å². The van der Waals surface area contributed by atoms with Gasteiger partial charge in [-0.15, -0.1) is 0 Å². The Morgan fingerprint density at radius 2 is 2.05 bits per heavy atom. The van der Waals surface area contributed by atoms with Gasteiger partial charge < -0.3 is 15.4 Å². The van der Waals surface area contributed by atoms with Crippen LogP contribution in [0.3, 0.4) is 0 Å². The van der Waals surface area contributed by atoms with Gasteiger partial charge in [0.05, 0.1) is 6.61 Å². The van der Waals surface area contributed by atoms with Gasteiger partial charge in [0.15, 0.2) is 0 Å². The number of benzene rings is 1. The summed E-state index contributed by atoms with van der Waals surface area (Å²) in [5.74, 6) is 0.472. The molecule has 0 unspecified atom stereocenters. The number of carbonyl (C=O) groups is 1. The summed E-state index contributed by atoms with van der Waals surface area (Å²) in [4.78, 5) is 12.0. The summed E-state index contributed by atoms with van der Waals surface area (Å²) in [6, 6.07) is 5.74. The molecule has 0 atom stereocenters. The summed E-state index contributed by atoms with van der Waals surface area (Å²) in [6.07, 6.45) is 1.08. The maximum absolute atomic E-state index is 12.0. The van der Waals surface area contributed by atoms with Crippen molar-refractivity contribution < 1.29 is 9.53 Å². The molecule has 0 spiro atoms. The quantitative estimate of drug-likeness (QED) is 0.687. The fourth-order valence-electron chi connectivity index (χ4n) is 1.92. The van der Waals surface area contributed by atoms with Crippen molar-refractivity contribution in [1.82, 2.24) is 5.32 Å². The number of aryl methyl sites for hydroxylation is 1. The fraction of sp³-hybridized carbons (Fsp3) is 0.588. The van der Waals surface area contributed by atoms with Crippen molar-refractivity contribution in [3.05, 3.63) is 29.3 Å². The zero-order valence-corrected chi connectivity index (χ0v) is 13.7. The molecule has 0 radical (unpaired) electrons. The minimum absolute atomic E-state index is 0.0479. The van der Waals surface area contributed by atoms with Gasteiger partial charge in [-0.1, -0.05) is 20.8 Å². The van der Waals surface area contributed by atoms with Crippen molar-refractivity contribution in [2.45, 2.75) is 34.1 Å². The van der Waals surface area contributed by atoms with Gasteiger partial charge >= 0.3 is 0 Å². The van der Waals surface area contributed by atoms with E-state index < -0.39 is 0 Å². The first kappa shape index (κ1) is 17.5. The van der Waals surface area contributed by atoms with Gasteiger partial charge in [0.25, 0.3) is 5.91 Å². The maximum Gasteiger partial charge on any atom is 0.251 e. The highest BCUT2D eigenvalue weighted by atomic mass is 16.5. The van der Waals surface area contributed by atoms with Crippen molar-refractivity contribution in [3.63, 3.8) is 0 Å². The van der Waals surface area contributed by atoms with Crippen molar-refractivity contribution >= 4 is 11.6 Å². The largest absolute Gasteiger partial charge is 0.385 e. The van der Waals surface area contributed by atoms with Crippen LogP contribution in [-0.4, -0.2) is 32.2 Å². The number of hydrogen-bond donors (Lipinski definition) is 2.